The van der Waals surface area contributed by atoms with E-state index in [1.54, 1.807) is 6.92 Å². The zero-order valence-electron chi connectivity index (χ0n) is 9.91. The van der Waals surface area contributed by atoms with Gasteiger partial charge in [0.25, 0.3) is 5.78 Å². The van der Waals surface area contributed by atoms with Crippen molar-refractivity contribution < 1.29 is 37.5 Å². The summed E-state index contributed by atoms with van der Waals surface area (Å²) >= 11 is 0. The molecule has 0 saturated carbocycles. The maximum absolute atomic E-state index is 12.2. The van der Waals surface area contributed by atoms with Crippen molar-refractivity contribution in [2.45, 2.75) is 25.9 Å². The molecule has 108 valence electrons. The van der Waals surface area contributed by atoms with E-state index in [0.29, 0.717) is 12.5 Å². The van der Waals surface area contributed by atoms with Gasteiger partial charge in [-0.2, -0.15) is 18.7 Å². The molecule has 19 heavy (non-hydrogen) atoms. The van der Waals surface area contributed by atoms with Crippen LogP contribution in [0.1, 0.15) is 19.8 Å². The van der Waals surface area contributed by atoms with E-state index in [9.17, 15) is 27.6 Å². The lowest BCUT2D eigenvalue weighted by Gasteiger charge is -2.09. The van der Waals surface area contributed by atoms with Gasteiger partial charge in [0.05, 0.1) is 6.42 Å². The minimum atomic E-state index is -5.28. The lowest BCUT2D eigenvalue weighted by Crippen LogP contribution is -2.32. The second-order valence-electron chi connectivity index (χ2n) is 3.33. The molecule has 6 nitrogen and oxygen atoms in total. The predicted molar refractivity (Wildman–Crippen MR) is 55.8 cm³/mol. The smallest absolute Gasteiger partial charge is 0.455 e. The third-order valence-corrected chi connectivity index (χ3v) is 1.72. The van der Waals surface area contributed by atoms with E-state index < -0.39 is 35.9 Å². The van der Waals surface area contributed by atoms with Crippen LogP contribution in [0.3, 0.4) is 0 Å². The van der Waals surface area contributed by atoms with Gasteiger partial charge < -0.3 is 9.94 Å². The topological polar surface area (TPSA) is 92.7 Å². The van der Waals surface area contributed by atoms with Crippen molar-refractivity contribution in [2.75, 3.05) is 6.54 Å². The minimum absolute atomic E-state index is 0.179. The zero-order chi connectivity index (χ0) is 15.1. The van der Waals surface area contributed by atoms with Crippen LogP contribution in [0.15, 0.2) is 11.6 Å². The van der Waals surface area contributed by atoms with E-state index in [2.05, 4.69) is 10.3 Å². The van der Waals surface area contributed by atoms with Crippen molar-refractivity contribution >= 4 is 17.7 Å². The highest BCUT2D eigenvalue weighted by atomic mass is 19.4. The standard InChI is InChI=1S/C10H12F3NO5/c1-2-5-14-19-9(18)6(3-4-7(15)16)8(17)10(11,12)13/h3,14H,2,4-5H2,1H3,(H,15,16). The fourth-order valence-electron chi connectivity index (χ4n) is 0.884. The van der Waals surface area contributed by atoms with Gasteiger partial charge in [0, 0.05) is 6.54 Å². The average molecular weight is 283 g/mol. The summed E-state index contributed by atoms with van der Waals surface area (Å²) < 4.78 is 36.6. The Labute approximate surface area is 106 Å². The SMILES string of the molecule is CCCNOC(=O)C(=CCC(=O)O)C(=O)C(F)(F)F. The lowest BCUT2D eigenvalue weighted by molar-refractivity contribution is -0.169. The Bertz CT molecular complexity index is 389. The molecule has 0 bridgehead atoms. The van der Waals surface area contributed by atoms with Gasteiger partial charge in [-0.05, 0) is 6.42 Å². The fourth-order valence-corrected chi connectivity index (χ4v) is 0.884. The molecule has 0 rings (SSSR count). The van der Waals surface area contributed by atoms with E-state index in [1.165, 1.54) is 0 Å². The summed E-state index contributed by atoms with van der Waals surface area (Å²) in [5.74, 6) is -5.50. The highest BCUT2D eigenvalue weighted by Crippen LogP contribution is 2.21. The number of ketones is 1. The number of halogens is 3. The third kappa shape index (κ3) is 6.55. The van der Waals surface area contributed by atoms with E-state index in [4.69, 9.17) is 5.11 Å². The monoisotopic (exact) mass is 283 g/mol. The van der Waals surface area contributed by atoms with Crippen LogP contribution in [-0.4, -0.2) is 35.5 Å². The second kappa shape index (κ2) is 7.52. The van der Waals surface area contributed by atoms with E-state index in [1.807, 2.05) is 0 Å². The summed E-state index contributed by atoms with van der Waals surface area (Å²) in [6, 6.07) is 0. The fraction of sp³-hybridized carbons (Fsp3) is 0.500. The third-order valence-electron chi connectivity index (χ3n) is 1.72. The molecule has 0 radical (unpaired) electrons. The molecule has 0 atom stereocenters. The van der Waals surface area contributed by atoms with E-state index >= 15 is 0 Å². The van der Waals surface area contributed by atoms with Gasteiger partial charge >= 0.3 is 18.1 Å². The molecule has 0 aromatic carbocycles. The van der Waals surface area contributed by atoms with Gasteiger partial charge in [-0.15, -0.1) is 0 Å². The van der Waals surface area contributed by atoms with Crippen LogP contribution in [0, 0.1) is 0 Å². The van der Waals surface area contributed by atoms with E-state index in [-0.39, 0.29) is 6.54 Å². The first-order valence-corrected chi connectivity index (χ1v) is 5.17. The maximum atomic E-state index is 12.2. The number of rotatable bonds is 7. The number of nitrogens with one attached hydrogen (secondary N) is 1. The second-order valence-corrected chi connectivity index (χ2v) is 3.33. The summed E-state index contributed by atoms with van der Waals surface area (Å²) in [5, 5.41) is 8.34. The number of aliphatic carboxylic acids is 1. The van der Waals surface area contributed by atoms with Crippen molar-refractivity contribution in [2.24, 2.45) is 0 Å². The van der Waals surface area contributed by atoms with Crippen LogP contribution in [0.5, 0.6) is 0 Å². The van der Waals surface area contributed by atoms with Crippen LogP contribution in [0.4, 0.5) is 13.2 Å². The van der Waals surface area contributed by atoms with Gasteiger partial charge in [0.15, 0.2) is 0 Å². The van der Waals surface area contributed by atoms with E-state index in [0.717, 1.165) is 0 Å². The van der Waals surface area contributed by atoms with Crippen LogP contribution in [0.2, 0.25) is 0 Å². The number of Topliss-reactive ketones (excluding diaryl/α,β-unsaturated/α-hetero) is 1. The Balaban J connectivity index is 4.97. The lowest BCUT2D eigenvalue weighted by atomic mass is 10.1. The first-order chi connectivity index (χ1) is 8.70. The van der Waals surface area contributed by atoms with Gasteiger partial charge in [0.1, 0.15) is 5.57 Å². The predicted octanol–water partition coefficient (Wildman–Crippen LogP) is 0.977. The number of carbonyl (C=O) groups is 3. The quantitative estimate of drug-likeness (QED) is 0.238. The molecule has 9 heteroatoms. The van der Waals surface area contributed by atoms with Crippen molar-refractivity contribution in [1.82, 2.24) is 5.48 Å². The molecule has 0 fully saturated rings. The number of carbonyl (C=O) groups excluding carboxylic acids is 2. The Kier molecular flexibility index (Phi) is 6.76. The minimum Gasteiger partial charge on any atom is -0.481 e. The summed E-state index contributed by atoms with van der Waals surface area (Å²) in [5.41, 5.74) is 0.689. The molecular weight excluding hydrogens is 271 g/mol. The Hall–Kier alpha value is -1.90. The largest absolute Gasteiger partial charge is 0.481 e. The summed E-state index contributed by atoms with van der Waals surface area (Å²) in [6.45, 7) is 1.89. The Morgan fingerprint density at radius 2 is 1.89 bits per heavy atom. The first kappa shape index (κ1) is 17.1. The van der Waals surface area contributed by atoms with Gasteiger partial charge in [-0.1, -0.05) is 13.0 Å². The molecule has 0 aromatic heterocycles. The number of carboxylic acids is 1. The zero-order valence-corrected chi connectivity index (χ0v) is 9.91. The highest BCUT2D eigenvalue weighted by Gasteiger charge is 2.43. The summed E-state index contributed by atoms with van der Waals surface area (Å²) in [4.78, 5) is 36.7. The molecule has 0 spiro atoms. The van der Waals surface area contributed by atoms with Crippen LogP contribution < -0.4 is 5.48 Å². The molecule has 0 saturated heterocycles. The number of hydroxylamine groups is 1. The van der Waals surface area contributed by atoms with Crippen molar-refractivity contribution in [1.29, 1.82) is 0 Å². The van der Waals surface area contributed by atoms with Crippen LogP contribution in [-0.2, 0) is 19.2 Å². The molecule has 0 aliphatic heterocycles. The molecule has 2 N–H and O–H groups in total. The normalized spacial score (nSPS) is 12.1. The van der Waals surface area contributed by atoms with Crippen molar-refractivity contribution in [3.8, 4) is 0 Å². The Morgan fingerprint density at radius 3 is 2.32 bits per heavy atom. The molecule has 0 amide bonds. The first-order valence-electron chi connectivity index (χ1n) is 5.17. The molecular formula is C10H12F3NO5. The van der Waals surface area contributed by atoms with Gasteiger partial charge in [0.2, 0.25) is 0 Å². The Morgan fingerprint density at radius 1 is 1.32 bits per heavy atom. The summed E-state index contributed by atoms with van der Waals surface area (Å²) in [6.07, 6.45) is -5.28. The van der Waals surface area contributed by atoms with Gasteiger partial charge in [-0.25, -0.2) is 4.79 Å². The number of carboxylic acid groups (broad SMARTS) is 1. The van der Waals surface area contributed by atoms with Crippen LogP contribution in [0.25, 0.3) is 0 Å². The van der Waals surface area contributed by atoms with Crippen molar-refractivity contribution in [3.05, 3.63) is 11.6 Å². The molecule has 0 unspecified atom stereocenters. The number of hydrogen-bond acceptors (Lipinski definition) is 5. The van der Waals surface area contributed by atoms with Crippen LogP contribution >= 0.6 is 0 Å². The number of hydrogen-bond donors (Lipinski definition) is 2. The molecule has 0 heterocycles. The highest BCUT2D eigenvalue weighted by molar-refractivity contribution is 6.19. The summed E-state index contributed by atoms with van der Waals surface area (Å²) in [7, 11) is 0. The average Bonchev–Trinajstić information content (AvgIpc) is 2.27. The van der Waals surface area contributed by atoms with Crippen molar-refractivity contribution in [3.63, 3.8) is 0 Å². The molecule has 0 aliphatic rings. The molecule has 0 aliphatic carbocycles. The van der Waals surface area contributed by atoms with Gasteiger partial charge in [-0.3, -0.25) is 9.59 Å². The molecule has 0 aromatic rings. The maximum Gasteiger partial charge on any atom is 0.455 e. The number of alkyl halides is 3.